The largest absolute Gasteiger partial charge is 0.344 e. The first-order chi connectivity index (χ1) is 17.9. The zero-order chi connectivity index (χ0) is 25.5. The number of aromatic nitrogens is 1. The van der Waals surface area contributed by atoms with E-state index in [0.717, 1.165) is 43.7 Å². The number of ether oxygens (including phenoxy) is 1. The Bertz CT molecular complexity index is 1500. The number of halogens is 2. The number of amides is 2. The maximum absolute atomic E-state index is 13.7. The first kappa shape index (κ1) is 23.6. The summed E-state index contributed by atoms with van der Waals surface area (Å²) in [4.78, 5) is 26.4. The molecule has 3 heterocycles. The lowest BCUT2D eigenvalue weighted by Gasteiger charge is -2.24. The predicted octanol–water partition coefficient (Wildman–Crippen LogP) is 5.64. The molecular formula is C29H23BrFN3O3. The number of hydrogen-bond donors (Lipinski definition) is 1. The van der Waals surface area contributed by atoms with Crippen molar-refractivity contribution in [2.75, 3.05) is 18.5 Å². The molecule has 0 spiro atoms. The van der Waals surface area contributed by atoms with Crippen LogP contribution in [0.1, 0.15) is 22.9 Å². The van der Waals surface area contributed by atoms with Gasteiger partial charge in [0.1, 0.15) is 12.4 Å². The van der Waals surface area contributed by atoms with Crippen LogP contribution in [0.25, 0.3) is 16.8 Å². The number of fused-ring (bicyclic) bond motifs is 1. The molecule has 0 saturated carbocycles. The molecule has 2 aliphatic heterocycles. The Morgan fingerprint density at radius 3 is 2.57 bits per heavy atom. The van der Waals surface area contributed by atoms with E-state index in [1.54, 1.807) is 17.0 Å². The third kappa shape index (κ3) is 4.70. The van der Waals surface area contributed by atoms with Gasteiger partial charge < -0.3 is 19.5 Å². The van der Waals surface area contributed by atoms with Crippen molar-refractivity contribution in [1.82, 2.24) is 9.47 Å². The van der Waals surface area contributed by atoms with Gasteiger partial charge in [-0.25, -0.2) is 4.39 Å². The van der Waals surface area contributed by atoms with Crippen LogP contribution < -0.4 is 5.32 Å². The molecule has 0 radical (unpaired) electrons. The van der Waals surface area contributed by atoms with Gasteiger partial charge in [0.25, 0.3) is 5.91 Å². The van der Waals surface area contributed by atoms with E-state index in [1.165, 1.54) is 12.1 Å². The van der Waals surface area contributed by atoms with Crippen LogP contribution in [0, 0.1) is 5.82 Å². The SMILES string of the molecule is O=C1Cc2cc(CCN3C(=O)CO[C@@H]3c3cn(-c4ccc(Br)cc4)cc3-c3ccc(F)cc3)ccc2N1. The van der Waals surface area contributed by atoms with Crippen molar-refractivity contribution in [3.8, 4) is 16.8 Å². The highest BCUT2D eigenvalue weighted by molar-refractivity contribution is 9.10. The number of benzene rings is 3. The third-order valence-corrected chi connectivity index (χ3v) is 7.34. The summed E-state index contributed by atoms with van der Waals surface area (Å²) in [5, 5.41) is 2.85. The number of carbonyl (C=O) groups is 2. The second-order valence-electron chi connectivity index (χ2n) is 9.23. The van der Waals surface area contributed by atoms with Gasteiger partial charge in [-0.3, -0.25) is 9.59 Å². The van der Waals surface area contributed by atoms with Crippen molar-refractivity contribution < 1.29 is 18.7 Å². The molecule has 6 nitrogen and oxygen atoms in total. The smallest absolute Gasteiger partial charge is 0.250 e. The minimum absolute atomic E-state index is 0.000399. The highest BCUT2D eigenvalue weighted by atomic mass is 79.9. The fraction of sp³-hybridized carbons (Fsp3) is 0.172. The molecule has 1 fully saturated rings. The Hall–Kier alpha value is -3.75. The number of hydrogen-bond acceptors (Lipinski definition) is 3. The highest BCUT2D eigenvalue weighted by Gasteiger charge is 2.35. The molecule has 1 N–H and O–H groups in total. The number of nitrogens with zero attached hydrogens (tertiary/aromatic N) is 2. The van der Waals surface area contributed by atoms with E-state index in [9.17, 15) is 14.0 Å². The van der Waals surface area contributed by atoms with E-state index >= 15 is 0 Å². The van der Waals surface area contributed by atoms with Crippen molar-refractivity contribution in [2.24, 2.45) is 0 Å². The van der Waals surface area contributed by atoms with Crippen molar-refractivity contribution in [3.05, 3.63) is 106 Å². The Balaban J connectivity index is 1.32. The van der Waals surface area contributed by atoms with Crippen molar-refractivity contribution in [1.29, 1.82) is 0 Å². The monoisotopic (exact) mass is 559 g/mol. The fourth-order valence-electron chi connectivity index (χ4n) is 4.94. The van der Waals surface area contributed by atoms with E-state index in [0.29, 0.717) is 19.4 Å². The number of carbonyl (C=O) groups excluding carboxylic acids is 2. The second-order valence-corrected chi connectivity index (χ2v) is 10.2. The Morgan fingerprint density at radius 2 is 1.78 bits per heavy atom. The molecule has 2 aliphatic rings. The van der Waals surface area contributed by atoms with Crippen molar-refractivity contribution >= 4 is 33.4 Å². The number of rotatable bonds is 6. The molecule has 4 aromatic rings. The molecule has 1 aromatic heterocycles. The summed E-state index contributed by atoms with van der Waals surface area (Å²) in [6.45, 7) is 0.468. The van der Waals surface area contributed by atoms with Crippen LogP contribution in [0.3, 0.4) is 0 Å². The van der Waals surface area contributed by atoms with Gasteiger partial charge in [0.2, 0.25) is 5.91 Å². The molecule has 0 aliphatic carbocycles. The van der Waals surface area contributed by atoms with Crippen LogP contribution in [0.15, 0.2) is 83.6 Å². The number of anilines is 1. The van der Waals surface area contributed by atoms with Gasteiger partial charge in [-0.1, -0.05) is 40.2 Å². The van der Waals surface area contributed by atoms with Gasteiger partial charge in [-0.05, 0) is 65.6 Å². The molecule has 3 aromatic carbocycles. The van der Waals surface area contributed by atoms with Crippen LogP contribution >= 0.6 is 15.9 Å². The Labute approximate surface area is 221 Å². The maximum Gasteiger partial charge on any atom is 0.250 e. The summed E-state index contributed by atoms with van der Waals surface area (Å²) in [7, 11) is 0. The van der Waals surface area contributed by atoms with Gasteiger partial charge >= 0.3 is 0 Å². The molecule has 37 heavy (non-hydrogen) atoms. The van der Waals surface area contributed by atoms with E-state index in [2.05, 4.69) is 21.2 Å². The zero-order valence-corrected chi connectivity index (χ0v) is 21.4. The summed E-state index contributed by atoms with van der Waals surface area (Å²) in [6, 6.07) is 20.2. The quantitative estimate of drug-likeness (QED) is 0.332. The number of nitrogens with one attached hydrogen (secondary N) is 1. The Kier molecular flexibility index (Phi) is 6.14. The topological polar surface area (TPSA) is 63.6 Å². The van der Waals surface area contributed by atoms with E-state index < -0.39 is 6.23 Å². The molecule has 0 unspecified atom stereocenters. The van der Waals surface area contributed by atoms with Crippen molar-refractivity contribution in [3.63, 3.8) is 0 Å². The van der Waals surface area contributed by atoms with Crippen LogP contribution in [0.4, 0.5) is 10.1 Å². The van der Waals surface area contributed by atoms with Crippen LogP contribution in [-0.4, -0.2) is 34.4 Å². The molecule has 6 rings (SSSR count). The second kappa shape index (κ2) is 9.61. The molecule has 2 amide bonds. The maximum atomic E-state index is 13.7. The lowest BCUT2D eigenvalue weighted by atomic mass is 10.0. The molecule has 0 bridgehead atoms. The van der Waals surface area contributed by atoms with Crippen molar-refractivity contribution in [2.45, 2.75) is 19.1 Å². The highest BCUT2D eigenvalue weighted by Crippen LogP contribution is 2.37. The summed E-state index contributed by atoms with van der Waals surface area (Å²) < 4.78 is 22.7. The third-order valence-electron chi connectivity index (χ3n) is 6.81. The van der Waals surface area contributed by atoms with E-state index in [-0.39, 0.29) is 24.2 Å². The predicted molar refractivity (Wildman–Crippen MR) is 142 cm³/mol. The van der Waals surface area contributed by atoms with Crippen LogP contribution in [-0.2, 0) is 27.2 Å². The average Bonchev–Trinajstić information content (AvgIpc) is 3.59. The summed E-state index contributed by atoms with van der Waals surface area (Å²) in [5.41, 5.74) is 6.39. The lowest BCUT2D eigenvalue weighted by Crippen LogP contribution is -2.30. The molecule has 1 saturated heterocycles. The van der Waals surface area contributed by atoms with Gasteiger partial charge in [-0.15, -0.1) is 0 Å². The summed E-state index contributed by atoms with van der Waals surface area (Å²) in [6.07, 6.45) is 4.40. The fourth-order valence-corrected chi connectivity index (χ4v) is 5.21. The molecular weight excluding hydrogens is 537 g/mol. The average molecular weight is 560 g/mol. The normalized spacial score (nSPS) is 16.8. The van der Waals surface area contributed by atoms with Gasteiger partial charge in [0.05, 0.1) is 6.42 Å². The Morgan fingerprint density at radius 1 is 1.00 bits per heavy atom. The van der Waals surface area contributed by atoms with E-state index in [1.807, 2.05) is 59.4 Å². The zero-order valence-electron chi connectivity index (χ0n) is 19.8. The lowest BCUT2D eigenvalue weighted by molar-refractivity contribution is -0.128. The minimum atomic E-state index is -0.568. The van der Waals surface area contributed by atoms with Gasteiger partial charge in [0, 0.05) is 45.9 Å². The summed E-state index contributed by atoms with van der Waals surface area (Å²) >= 11 is 3.48. The van der Waals surface area contributed by atoms with Gasteiger partial charge in [-0.2, -0.15) is 0 Å². The van der Waals surface area contributed by atoms with E-state index in [4.69, 9.17) is 4.74 Å². The summed E-state index contributed by atoms with van der Waals surface area (Å²) in [5.74, 6) is -0.388. The first-order valence-electron chi connectivity index (χ1n) is 12.0. The minimum Gasteiger partial charge on any atom is -0.344 e. The first-order valence-corrected chi connectivity index (χ1v) is 12.8. The standard InChI is InChI=1S/C29H23BrFN3O3/c30-21-4-8-23(9-5-21)33-15-24(19-2-6-22(31)7-3-19)25(16-33)29-34(28(36)17-37-29)12-11-18-1-10-26-20(13-18)14-27(35)32-26/h1-10,13,15-16,29H,11-12,14,17H2,(H,32,35)/t29-/m1/s1. The molecule has 1 atom stereocenters. The van der Waals surface area contributed by atoms with Crippen LogP contribution in [0.5, 0.6) is 0 Å². The van der Waals surface area contributed by atoms with Crippen LogP contribution in [0.2, 0.25) is 0 Å². The van der Waals surface area contributed by atoms with Gasteiger partial charge in [0.15, 0.2) is 6.23 Å². The molecule has 186 valence electrons. The molecule has 8 heteroatoms.